The highest BCUT2D eigenvalue weighted by molar-refractivity contribution is 7.89. The summed E-state index contributed by atoms with van der Waals surface area (Å²) in [6.07, 6.45) is 0.802. The predicted molar refractivity (Wildman–Crippen MR) is 140 cm³/mol. The molecule has 2 heterocycles. The van der Waals surface area contributed by atoms with Gasteiger partial charge in [0.25, 0.3) is 5.91 Å². The second kappa shape index (κ2) is 11.6. The number of fused-ring (bicyclic) bond motifs is 1. The Balaban J connectivity index is 1.56. The van der Waals surface area contributed by atoms with Crippen LogP contribution < -0.4 is 4.90 Å². The van der Waals surface area contributed by atoms with Crippen molar-refractivity contribution in [2.45, 2.75) is 25.2 Å². The van der Waals surface area contributed by atoms with Gasteiger partial charge in [0.05, 0.1) is 28.3 Å². The van der Waals surface area contributed by atoms with Crippen LogP contribution in [-0.2, 0) is 14.8 Å². The molecule has 1 aliphatic rings. The number of hydrogen-bond donors (Lipinski definition) is 0. The molecule has 8 nitrogen and oxygen atoms in total. The molecule has 3 aromatic rings. The van der Waals surface area contributed by atoms with Gasteiger partial charge < -0.3 is 4.74 Å². The summed E-state index contributed by atoms with van der Waals surface area (Å²) in [4.78, 5) is 22.6. The third kappa shape index (κ3) is 5.90. The van der Waals surface area contributed by atoms with E-state index < -0.39 is 10.0 Å². The highest BCUT2D eigenvalue weighted by Crippen LogP contribution is 2.30. The molecule has 2 aromatic carbocycles. The first-order chi connectivity index (χ1) is 16.9. The van der Waals surface area contributed by atoms with Crippen LogP contribution in [0.4, 0.5) is 5.13 Å². The van der Waals surface area contributed by atoms with Gasteiger partial charge in [-0.1, -0.05) is 37.3 Å². The molecule has 0 aliphatic carbocycles. The van der Waals surface area contributed by atoms with Crippen molar-refractivity contribution in [2.24, 2.45) is 0 Å². The molecule has 0 spiro atoms. The number of thiazole rings is 1. The minimum absolute atomic E-state index is 0.183. The van der Waals surface area contributed by atoms with E-state index in [-0.39, 0.29) is 10.8 Å². The van der Waals surface area contributed by atoms with Gasteiger partial charge in [-0.15, -0.1) is 0 Å². The number of carbonyl (C=O) groups is 1. The molecule has 1 aliphatic heterocycles. The molecule has 4 rings (SSSR count). The van der Waals surface area contributed by atoms with Gasteiger partial charge in [-0.2, -0.15) is 4.31 Å². The van der Waals surface area contributed by atoms with E-state index in [4.69, 9.17) is 9.72 Å². The van der Waals surface area contributed by atoms with Gasteiger partial charge in [-0.3, -0.25) is 14.6 Å². The van der Waals surface area contributed by atoms with E-state index in [1.54, 1.807) is 17.0 Å². The fraction of sp³-hybridized carbons (Fsp3) is 0.440. The Labute approximate surface area is 211 Å². The normalized spacial score (nSPS) is 15.1. The highest BCUT2D eigenvalue weighted by Gasteiger charge is 2.25. The molecular weight excluding hydrogens is 484 g/mol. The van der Waals surface area contributed by atoms with E-state index in [9.17, 15) is 13.2 Å². The smallest absolute Gasteiger partial charge is 0.260 e. The van der Waals surface area contributed by atoms with Gasteiger partial charge in [0.2, 0.25) is 10.0 Å². The van der Waals surface area contributed by atoms with Crippen molar-refractivity contribution in [1.82, 2.24) is 14.2 Å². The topological polar surface area (TPSA) is 83.1 Å². The molecule has 0 radical (unpaired) electrons. The fourth-order valence-corrected chi connectivity index (χ4v) is 6.62. The average Bonchev–Trinajstić information content (AvgIpc) is 3.31. The second-order valence-electron chi connectivity index (χ2n) is 8.34. The number of hydrogen-bond acceptors (Lipinski definition) is 7. The van der Waals surface area contributed by atoms with E-state index in [1.807, 2.05) is 38.1 Å². The van der Waals surface area contributed by atoms with Crippen molar-refractivity contribution in [3.05, 3.63) is 54.1 Å². The maximum absolute atomic E-state index is 13.6. The summed E-state index contributed by atoms with van der Waals surface area (Å²) in [5, 5.41) is 0.651. The van der Waals surface area contributed by atoms with E-state index in [0.717, 1.165) is 49.5 Å². The number of nitrogens with zero attached hydrogens (tertiary/aromatic N) is 4. The van der Waals surface area contributed by atoms with Crippen LogP contribution in [0.15, 0.2) is 53.4 Å². The van der Waals surface area contributed by atoms with Crippen molar-refractivity contribution in [3.8, 4) is 0 Å². The number of morpholine rings is 1. The maximum Gasteiger partial charge on any atom is 0.260 e. The lowest BCUT2D eigenvalue weighted by molar-refractivity contribution is 0.0376. The highest BCUT2D eigenvalue weighted by atomic mass is 32.2. The summed E-state index contributed by atoms with van der Waals surface area (Å²) >= 11 is 1.49. The van der Waals surface area contributed by atoms with Crippen molar-refractivity contribution >= 4 is 42.6 Å². The molecule has 0 atom stereocenters. The van der Waals surface area contributed by atoms with E-state index in [0.29, 0.717) is 30.3 Å². The van der Waals surface area contributed by atoms with Crippen LogP contribution in [0.3, 0.4) is 0 Å². The molecule has 0 bridgehead atoms. The number of rotatable bonds is 10. The minimum atomic E-state index is -3.58. The summed E-state index contributed by atoms with van der Waals surface area (Å²) in [6.45, 7) is 9.09. The van der Waals surface area contributed by atoms with Gasteiger partial charge in [-0.05, 0) is 42.8 Å². The van der Waals surface area contributed by atoms with E-state index in [1.165, 1.54) is 27.8 Å². The van der Waals surface area contributed by atoms with Crippen molar-refractivity contribution < 1.29 is 17.9 Å². The van der Waals surface area contributed by atoms with Crippen LogP contribution in [0.25, 0.3) is 10.2 Å². The Morgan fingerprint density at radius 3 is 2.40 bits per heavy atom. The lowest BCUT2D eigenvalue weighted by atomic mass is 10.2. The third-order valence-electron chi connectivity index (χ3n) is 6.16. The van der Waals surface area contributed by atoms with Gasteiger partial charge in [0, 0.05) is 44.8 Å². The predicted octanol–water partition coefficient (Wildman–Crippen LogP) is 3.70. The molecule has 0 saturated carbocycles. The zero-order chi connectivity index (χ0) is 24.8. The lowest BCUT2D eigenvalue weighted by Gasteiger charge is -2.27. The molecule has 0 N–H and O–H groups in total. The Hall–Kier alpha value is -2.37. The largest absolute Gasteiger partial charge is 0.379 e. The first kappa shape index (κ1) is 25.7. The van der Waals surface area contributed by atoms with Crippen LogP contribution in [0.1, 0.15) is 30.6 Å². The van der Waals surface area contributed by atoms with Crippen LogP contribution in [0.5, 0.6) is 0 Å². The molecule has 1 fully saturated rings. The standard InChI is InChI=1S/C25H32N4O4S2/c1-3-28(4-2)35(31,32)21-12-10-20(11-13-21)24(30)29(15-7-14-27-16-18-33-19-17-27)25-26-22-8-5-6-9-23(22)34-25/h5-6,8-13H,3-4,7,14-19H2,1-2H3. The molecule has 1 amide bonds. The third-order valence-corrected chi connectivity index (χ3v) is 9.29. The molecule has 1 saturated heterocycles. The fourth-order valence-electron chi connectivity index (χ4n) is 4.17. The second-order valence-corrected chi connectivity index (χ2v) is 11.3. The average molecular weight is 517 g/mol. The van der Waals surface area contributed by atoms with Crippen LogP contribution in [0, 0.1) is 0 Å². The molecular formula is C25H32N4O4S2. The number of sulfonamides is 1. The Morgan fingerprint density at radius 2 is 1.74 bits per heavy atom. The van der Waals surface area contributed by atoms with Crippen molar-refractivity contribution in [3.63, 3.8) is 0 Å². The number of ether oxygens (including phenoxy) is 1. The number of benzene rings is 2. The first-order valence-corrected chi connectivity index (χ1v) is 14.3. The molecule has 0 unspecified atom stereocenters. The summed E-state index contributed by atoms with van der Waals surface area (Å²) in [5.74, 6) is -0.183. The van der Waals surface area contributed by atoms with Gasteiger partial charge in [0.1, 0.15) is 0 Å². The molecule has 188 valence electrons. The van der Waals surface area contributed by atoms with Crippen molar-refractivity contribution in [1.29, 1.82) is 0 Å². The Bertz CT molecular complexity index is 1200. The number of aromatic nitrogens is 1. The SMILES string of the molecule is CCN(CC)S(=O)(=O)c1ccc(C(=O)N(CCCN2CCOCC2)c2nc3ccccc3s2)cc1. The summed E-state index contributed by atoms with van der Waals surface area (Å²) < 4.78 is 33.5. The van der Waals surface area contributed by atoms with Crippen LogP contribution in [0.2, 0.25) is 0 Å². The summed E-state index contributed by atoms with van der Waals surface area (Å²) in [7, 11) is -3.58. The maximum atomic E-state index is 13.6. The monoisotopic (exact) mass is 516 g/mol. The number of amides is 1. The quantitative estimate of drug-likeness (QED) is 0.409. The minimum Gasteiger partial charge on any atom is -0.379 e. The van der Waals surface area contributed by atoms with Crippen molar-refractivity contribution in [2.75, 3.05) is 57.4 Å². The number of anilines is 1. The molecule has 1 aromatic heterocycles. The summed E-state index contributed by atoms with van der Waals surface area (Å²) in [6, 6.07) is 14.1. The van der Waals surface area contributed by atoms with Crippen LogP contribution >= 0.6 is 11.3 Å². The van der Waals surface area contributed by atoms with E-state index in [2.05, 4.69) is 4.90 Å². The Kier molecular flexibility index (Phi) is 8.51. The van der Waals surface area contributed by atoms with Gasteiger partial charge in [0.15, 0.2) is 5.13 Å². The first-order valence-electron chi connectivity index (χ1n) is 12.0. The molecule has 35 heavy (non-hydrogen) atoms. The van der Waals surface area contributed by atoms with Crippen LogP contribution in [-0.4, -0.2) is 81.0 Å². The van der Waals surface area contributed by atoms with Gasteiger partial charge in [-0.25, -0.2) is 13.4 Å². The zero-order valence-corrected chi connectivity index (χ0v) is 21.9. The number of carbonyl (C=O) groups excluding carboxylic acids is 1. The zero-order valence-electron chi connectivity index (χ0n) is 20.2. The Morgan fingerprint density at radius 1 is 1.06 bits per heavy atom. The lowest BCUT2D eigenvalue weighted by Crippen LogP contribution is -2.39. The summed E-state index contributed by atoms with van der Waals surface area (Å²) in [5.41, 5.74) is 1.30. The van der Waals surface area contributed by atoms with E-state index >= 15 is 0 Å². The molecule has 10 heteroatoms. The number of para-hydroxylation sites is 1. The van der Waals surface area contributed by atoms with Gasteiger partial charge >= 0.3 is 0 Å².